The molecule has 0 aromatic rings. The Morgan fingerprint density at radius 1 is 1.28 bits per heavy atom. The Morgan fingerprint density at radius 2 is 1.89 bits per heavy atom. The average Bonchev–Trinajstić information content (AvgIpc) is 2.29. The minimum absolute atomic E-state index is 0.0557. The lowest BCUT2D eigenvalue weighted by atomic mass is 10.3. The first-order chi connectivity index (χ1) is 8.43. The third kappa shape index (κ3) is 5.30. The van der Waals surface area contributed by atoms with Crippen LogP contribution in [0, 0.1) is 0 Å². The fourth-order valence-corrected chi connectivity index (χ4v) is 2.60. The summed E-state index contributed by atoms with van der Waals surface area (Å²) in [5.41, 5.74) is 0. The van der Waals surface area contributed by atoms with Gasteiger partial charge < -0.3 is 10.1 Å². The number of hydrogen-bond donors (Lipinski definition) is 1. The van der Waals surface area contributed by atoms with E-state index in [1.807, 2.05) is 4.90 Å². The first-order valence-electron chi connectivity index (χ1n) is 5.86. The van der Waals surface area contributed by atoms with Gasteiger partial charge in [-0.1, -0.05) is 0 Å². The zero-order valence-electron chi connectivity index (χ0n) is 10.9. The highest BCUT2D eigenvalue weighted by Crippen LogP contribution is 2.05. The molecule has 1 saturated heterocycles. The normalized spacial score (nSPS) is 18.8. The SMILES string of the molecule is COCCNC(=O)CN1CCN(S(C)(=O)=O)CC1. The third-order valence-electron chi connectivity index (χ3n) is 2.80. The Morgan fingerprint density at radius 3 is 2.39 bits per heavy atom. The van der Waals surface area contributed by atoms with E-state index >= 15 is 0 Å². The molecule has 0 bridgehead atoms. The van der Waals surface area contributed by atoms with E-state index in [1.165, 1.54) is 10.6 Å². The summed E-state index contributed by atoms with van der Waals surface area (Å²) in [5, 5.41) is 2.73. The largest absolute Gasteiger partial charge is 0.383 e. The van der Waals surface area contributed by atoms with Crippen molar-refractivity contribution in [2.45, 2.75) is 0 Å². The topological polar surface area (TPSA) is 79.0 Å². The maximum Gasteiger partial charge on any atom is 0.234 e. The standard InChI is InChI=1S/C10H21N3O4S/c1-17-8-3-11-10(14)9-12-4-6-13(7-5-12)18(2,15)16/h3-9H2,1-2H3,(H,11,14). The van der Waals surface area contributed by atoms with Crippen molar-refractivity contribution in [3.63, 3.8) is 0 Å². The third-order valence-corrected chi connectivity index (χ3v) is 4.10. The van der Waals surface area contributed by atoms with Crippen molar-refractivity contribution in [3.05, 3.63) is 0 Å². The quantitative estimate of drug-likeness (QED) is 0.588. The monoisotopic (exact) mass is 279 g/mol. The predicted octanol–water partition coefficient (Wildman–Crippen LogP) is -1.67. The molecule has 0 saturated carbocycles. The van der Waals surface area contributed by atoms with E-state index in [2.05, 4.69) is 5.32 Å². The molecule has 8 heteroatoms. The molecule has 0 radical (unpaired) electrons. The Kier molecular flexibility index (Phi) is 6.00. The van der Waals surface area contributed by atoms with Crippen molar-refractivity contribution in [2.75, 3.05) is 59.2 Å². The van der Waals surface area contributed by atoms with Crippen LogP contribution < -0.4 is 5.32 Å². The van der Waals surface area contributed by atoms with Gasteiger partial charge in [-0.25, -0.2) is 8.42 Å². The second kappa shape index (κ2) is 7.03. The van der Waals surface area contributed by atoms with Crippen LogP contribution in [0.25, 0.3) is 0 Å². The van der Waals surface area contributed by atoms with Gasteiger partial charge >= 0.3 is 0 Å². The van der Waals surface area contributed by atoms with E-state index in [1.54, 1.807) is 7.11 Å². The van der Waals surface area contributed by atoms with Crippen molar-refractivity contribution >= 4 is 15.9 Å². The molecule has 7 nitrogen and oxygen atoms in total. The van der Waals surface area contributed by atoms with Crippen LogP contribution in [0.3, 0.4) is 0 Å². The fraction of sp³-hybridized carbons (Fsp3) is 0.900. The molecule has 0 atom stereocenters. The molecule has 1 amide bonds. The summed E-state index contributed by atoms with van der Waals surface area (Å²) in [6.07, 6.45) is 1.21. The van der Waals surface area contributed by atoms with Gasteiger partial charge in [0.05, 0.1) is 19.4 Å². The van der Waals surface area contributed by atoms with E-state index in [4.69, 9.17) is 4.74 Å². The molecule has 18 heavy (non-hydrogen) atoms. The van der Waals surface area contributed by atoms with Crippen molar-refractivity contribution in [3.8, 4) is 0 Å². The molecule has 0 aromatic heterocycles. The summed E-state index contributed by atoms with van der Waals surface area (Å²) in [5.74, 6) is -0.0557. The summed E-state index contributed by atoms with van der Waals surface area (Å²) >= 11 is 0. The van der Waals surface area contributed by atoms with Gasteiger partial charge in [0.1, 0.15) is 0 Å². The van der Waals surface area contributed by atoms with Gasteiger partial charge in [-0.2, -0.15) is 4.31 Å². The van der Waals surface area contributed by atoms with Crippen molar-refractivity contribution in [2.24, 2.45) is 0 Å². The highest BCUT2D eigenvalue weighted by molar-refractivity contribution is 7.88. The molecule has 1 aliphatic rings. The van der Waals surface area contributed by atoms with Crippen LogP contribution in [0.2, 0.25) is 0 Å². The van der Waals surface area contributed by atoms with Gasteiger partial charge in [0.25, 0.3) is 0 Å². The maximum atomic E-state index is 11.5. The van der Waals surface area contributed by atoms with E-state index in [-0.39, 0.29) is 5.91 Å². The van der Waals surface area contributed by atoms with Gasteiger partial charge in [-0.15, -0.1) is 0 Å². The first kappa shape index (κ1) is 15.4. The lowest BCUT2D eigenvalue weighted by Crippen LogP contribution is -2.50. The number of methoxy groups -OCH3 is 1. The number of rotatable bonds is 6. The molecule has 1 N–H and O–H groups in total. The zero-order valence-corrected chi connectivity index (χ0v) is 11.7. The van der Waals surface area contributed by atoms with E-state index in [0.29, 0.717) is 45.9 Å². The summed E-state index contributed by atoms with van der Waals surface area (Å²) < 4.78 is 28.9. The molecule has 1 aliphatic heterocycles. The number of nitrogens with zero attached hydrogens (tertiary/aromatic N) is 2. The Hall–Kier alpha value is -0.700. The minimum Gasteiger partial charge on any atom is -0.383 e. The van der Waals surface area contributed by atoms with Crippen LogP contribution in [0.15, 0.2) is 0 Å². The van der Waals surface area contributed by atoms with Crippen LogP contribution in [0.1, 0.15) is 0 Å². The van der Waals surface area contributed by atoms with Crippen LogP contribution in [0.5, 0.6) is 0 Å². The highest BCUT2D eigenvalue weighted by atomic mass is 32.2. The minimum atomic E-state index is -3.11. The number of carbonyl (C=O) groups excluding carboxylic acids is 1. The van der Waals surface area contributed by atoms with Crippen molar-refractivity contribution < 1.29 is 17.9 Å². The zero-order chi connectivity index (χ0) is 13.6. The van der Waals surface area contributed by atoms with Gasteiger partial charge in [0, 0.05) is 39.8 Å². The lowest BCUT2D eigenvalue weighted by Gasteiger charge is -2.32. The second-order valence-electron chi connectivity index (χ2n) is 4.28. The van der Waals surface area contributed by atoms with Crippen molar-refractivity contribution in [1.29, 1.82) is 0 Å². The summed E-state index contributed by atoms with van der Waals surface area (Å²) in [4.78, 5) is 13.5. The highest BCUT2D eigenvalue weighted by Gasteiger charge is 2.24. The molecule has 0 spiro atoms. The summed E-state index contributed by atoms with van der Waals surface area (Å²) in [6, 6.07) is 0. The fourth-order valence-electron chi connectivity index (χ4n) is 1.77. The number of nitrogens with one attached hydrogen (secondary N) is 1. The Bertz CT molecular complexity index is 363. The van der Waals surface area contributed by atoms with Crippen LogP contribution >= 0.6 is 0 Å². The molecule has 0 unspecified atom stereocenters. The summed E-state index contributed by atoms with van der Waals surface area (Å²) in [6.45, 7) is 3.37. The number of carbonyl (C=O) groups is 1. The molecule has 1 fully saturated rings. The van der Waals surface area contributed by atoms with Gasteiger partial charge in [0.15, 0.2) is 0 Å². The number of sulfonamides is 1. The Balaban J connectivity index is 2.25. The molecule has 1 rings (SSSR count). The van der Waals surface area contributed by atoms with E-state index < -0.39 is 10.0 Å². The van der Waals surface area contributed by atoms with Gasteiger partial charge in [-0.05, 0) is 0 Å². The van der Waals surface area contributed by atoms with E-state index in [0.717, 1.165) is 0 Å². The molecule has 0 aromatic carbocycles. The van der Waals surface area contributed by atoms with Gasteiger partial charge in [0.2, 0.25) is 15.9 Å². The number of ether oxygens (including phenoxy) is 1. The van der Waals surface area contributed by atoms with Crippen LogP contribution in [-0.2, 0) is 19.6 Å². The average molecular weight is 279 g/mol. The van der Waals surface area contributed by atoms with Crippen molar-refractivity contribution in [1.82, 2.24) is 14.5 Å². The molecule has 1 heterocycles. The smallest absolute Gasteiger partial charge is 0.234 e. The number of piperazine rings is 1. The van der Waals surface area contributed by atoms with Crippen LogP contribution in [0.4, 0.5) is 0 Å². The second-order valence-corrected chi connectivity index (χ2v) is 6.26. The van der Waals surface area contributed by atoms with E-state index in [9.17, 15) is 13.2 Å². The Labute approximate surface area is 108 Å². The predicted molar refractivity (Wildman–Crippen MR) is 67.7 cm³/mol. The maximum absolute atomic E-state index is 11.5. The molecule has 0 aliphatic carbocycles. The lowest BCUT2D eigenvalue weighted by molar-refractivity contribution is -0.122. The number of hydrogen-bond acceptors (Lipinski definition) is 5. The molecular formula is C10H21N3O4S. The summed E-state index contributed by atoms with van der Waals surface area (Å²) in [7, 11) is -1.53. The van der Waals surface area contributed by atoms with Gasteiger partial charge in [-0.3, -0.25) is 9.69 Å². The first-order valence-corrected chi connectivity index (χ1v) is 7.71. The molecular weight excluding hydrogens is 258 g/mol. The van der Waals surface area contributed by atoms with Crippen LogP contribution in [-0.4, -0.2) is 82.8 Å². The molecule has 106 valence electrons. The number of amides is 1.